The Morgan fingerprint density at radius 3 is 2.44 bits per heavy atom. The number of hydrogen-bond donors (Lipinski definition) is 0. The summed E-state index contributed by atoms with van der Waals surface area (Å²) >= 11 is 0. The molecule has 1 aromatic carbocycles. The summed E-state index contributed by atoms with van der Waals surface area (Å²) in [6, 6.07) is 8.41. The molecule has 0 aromatic heterocycles. The molecule has 1 amide bonds. The number of carbonyl (C=O) groups excluding carboxylic acids is 1. The summed E-state index contributed by atoms with van der Waals surface area (Å²) in [6.07, 6.45) is 2.30. The molecule has 2 rings (SSSR count). The zero-order valence-electron chi connectivity index (χ0n) is 16.5. The smallest absolute Gasteiger partial charge is 0.223 e. The van der Waals surface area contributed by atoms with Gasteiger partial charge in [-0.1, -0.05) is 32.9 Å². The molecule has 1 fully saturated rings. The van der Waals surface area contributed by atoms with Crippen LogP contribution in [-0.2, 0) is 9.53 Å². The topological polar surface area (TPSA) is 38.8 Å². The monoisotopic (exact) mass is 347 g/mol. The number of rotatable bonds is 6. The molecule has 0 N–H and O–H groups in total. The van der Waals surface area contributed by atoms with E-state index in [0.717, 1.165) is 18.6 Å². The van der Waals surface area contributed by atoms with Crippen LogP contribution in [0.2, 0.25) is 0 Å². The largest absolute Gasteiger partial charge is 0.497 e. The normalized spacial score (nSPS) is 21.0. The Morgan fingerprint density at radius 2 is 1.96 bits per heavy atom. The fourth-order valence-corrected chi connectivity index (χ4v) is 3.87. The standard InChI is InChI=1S/C21H33NO3/c1-7-19(23)22(17-12-13-25-21(4,5)14-17)20(15(2)3)16-8-10-18(24-6)11-9-16/h8-11,15,17,20H,7,12-14H2,1-6H3/t17-,20+/m1/s1. The van der Waals surface area contributed by atoms with Crippen molar-refractivity contribution >= 4 is 5.91 Å². The summed E-state index contributed by atoms with van der Waals surface area (Å²) < 4.78 is 11.2. The molecule has 0 bridgehead atoms. The van der Waals surface area contributed by atoms with Gasteiger partial charge in [0.1, 0.15) is 5.75 Å². The Labute approximate surface area is 152 Å². The Morgan fingerprint density at radius 1 is 1.32 bits per heavy atom. The van der Waals surface area contributed by atoms with Crippen molar-refractivity contribution in [3.8, 4) is 5.75 Å². The van der Waals surface area contributed by atoms with Crippen LogP contribution in [0.25, 0.3) is 0 Å². The molecule has 1 aromatic rings. The van der Waals surface area contributed by atoms with Crippen molar-refractivity contribution in [2.24, 2.45) is 5.92 Å². The predicted molar refractivity (Wildman–Crippen MR) is 101 cm³/mol. The highest BCUT2D eigenvalue weighted by Gasteiger charge is 2.38. The average Bonchev–Trinajstić information content (AvgIpc) is 2.57. The van der Waals surface area contributed by atoms with Crippen LogP contribution in [0, 0.1) is 5.92 Å². The first-order valence-electron chi connectivity index (χ1n) is 9.38. The van der Waals surface area contributed by atoms with Crippen molar-refractivity contribution in [2.75, 3.05) is 13.7 Å². The van der Waals surface area contributed by atoms with Gasteiger partial charge in [0.15, 0.2) is 0 Å². The van der Waals surface area contributed by atoms with Gasteiger partial charge in [-0.05, 0) is 50.3 Å². The Balaban J connectivity index is 2.38. The average molecular weight is 347 g/mol. The summed E-state index contributed by atoms with van der Waals surface area (Å²) in [6.45, 7) is 11.3. The molecule has 0 aliphatic carbocycles. The van der Waals surface area contributed by atoms with Gasteiger partial charge in [-0.3, -0.25) is 4.79 Å². The molecule has 1 saturated heterocycles. The molecule has 0 saturated carbocycles. The van der Waals surface area contributed by atoms with Crippen molar-refractivity contribution in [1.82, 2.24) is 4.90 Å². The van der Waals surface area contributed by atoms with Crippen molar-refractivity contribution < 1.29 is 14.3 Å². The minimum atomic E-state index is -0.184. The van der Waals surface area contributed by atoms with E-state index in [0.29, 0.717) is 18.9 Å². The van der Waals surface area contributed by atoms with E-state index in [2.05, 4.69) is 44.7 Å². The quantitative estimate of drug-likeness (QED) is 0.755. The van der Waals surface area contributed by atoms with Crippen molar-refractivity contribution in [2.45, 2.75) is 71.6 Å². The summed E-state index contributed by atoms with van der Waals surface area (Å²) in [5.41, 5.74) is 0.985. The molecule has 0 radical (unpaired) electrons. The predicted octanol–water partition coefficient (Wildman–Crippen LogP) is 4.59. The van der Waals surface area contributed by atoms with Crippen LogP contribution in [0.5, 0.6) is 5.75 Å². The number of ether oxygens (including phenoxy) is 2. The highest BCUT2D eigenvalue weighted by atomic mass is 16.5. The van der Waals surface area contributed by atoms with E-state index >= 15 is 0 Å². The lowest BCUT2D eigenvalue weighted by molar-refractivity contribution is -0.145. The number of nitrogens with zero attached hydrogens (tertiary/aromatic N) is 1. The fraction of sp³-hybridized carbons (Fsp3) is 0.667. The molecular formula is C21H33NO3. The highest BCUT2D eigenvalue weighted by molar-refractivity contribution is 5.77. The Bertz CT molecular complexity index is 565. The second-order valence-electron chi connectivity index (χ2n) is 7.87. The van der Waals surface area contributed by atoms with Gasteiger partial charge in [-0.2, -0.15) is 0 Å². The van der Waals surface area contributed by atoms with Crippen molar-refractivity contribution in [3.63, 3.8) is 0 Å². The highest BCUT2D eigenvalue weighted by Crippen LogP contribution is 2.37. The molecule has 1 aliphatic heterocycles. The zero-order valence-corrected chi connectivity index (χ0v) is 16.5. The van der Waals surface area contributed by atoms with E-state index in [1.807, 2.05) is 19.1 Å². The third-order valence-corrected chi connectivity index (χ3v) is 5.04. The third kappa shape index (κ3) is 4.75. The summed E-state index contributed by atoms with van der Waals surface area (Å²) in [5.74, 6) is 1.39. The third-order valence-electron chi connectivity index (χ3n) is 5.04. The van der Waals surface area contributed by atoms with E-state index < -0.39 is 0 Å². The molecule has 25 heavy (non-hydrogen) atoms. The number of methoxy groups -OCH3 is 1. The minimum Gasteiger partial charge on any atom is -0.497 e. The van der Waals surface area contributed by atoms with Crippen LogP contribution in [0.4, 0.5) is 0 Å². The van der Waals surface area contributed by atoms with E-state index in [9.17, 15) is 4.79 Å². The molecule has 1 aliphatic rings. The van der Waals surface area contributed by atoms with Crippen LogP contribution in [0.1, 0.15) is 65.5 Å². The minimum absolute atomic E-state index is 0.0669. The van der Waals surface area contributed by atoms with Crippen LogP contribution in [0.15, 0.2) is 24.3 Å². The van der Waals surface area contributed by atoms with E-state index in [-0.39, 0.29) is 23.6 Å². The van der Waals surface area contributed by atoms with Gasteiger partial charge in [-0.15, -0.1) is 0 Å². The van der Waals surface area contributed by atoms with Crippen LogP contribution in [0.3, 0.4) is 0 Å². The lowest BCUT2D eigenvalue weighted by Crippen LogP contribution is -2.50. The lowest BCUT2D eigenvalue weighted by Gasteiger charge is -2.46. The molecule has 1 heterocycles. The van der Waals surface area contributed by atoms with Gasteiger partial charge in [0.2, 0.25) is 5.91 Å². The SMILES string of the molecule is CCC(=O)N([C@@H]1CCOC(C)(C)C1)[C@H](c1ccc(OC)cc1)C(C)C. The summed E-state index contributed by atoms with van der Waals surface area (Å²) in [7, 11) is 1.67. The van der Waals surface area contributed by atoms with E-state index in [4.69, 9.17) is 9.47 Å². The molecule has 0 spiro atoms. The van der Waals surface area contributed by atoms with E-state index in [1.165, 1.54) is 5.56 Å². The fourth-order valence-electron chi connectivity index (χ4n) is 3.87. The first-order valence-corrected chi connectivity index (χ1v) is 9.38. The molecule has 140 valence electrons. The van der Waals surface area contributed by atoms with Crippen LogP contribution < -0.4 is 4.74 Å². The molecule has 2 atom stereocenters. The van der Waals surface area contributed by atoms with Crippen molar-refractivity contribution in [1.29, 1.82) is 0 Å². The van der Waals surface area contributed by atoms with Crippen molar-refractivity contribution in [3.05, 3.63) is 29.8 Å². The lowest BCUT2D eigenvalue weighted by atomic mass is 9.87. The van der Waals surface area contributed by atoms with Gasteiger partial charge >= 0.3 is 0 Å². The Hall–Kier alpha value is -1.55. The second kappa shape index (κ2) is 8.22. The zero-order chi connectivity index (χ0) is 18.6. The van der Waals surface area contributed by atoms with Gasteiger partial charge in [-0.25, -0.2) is 0 Å². The molecule has 4 heteroatoms. The van der Waals surface area contributed by atoms with Gasteiger partial charge in [0.25, 0.3) is 0 Å². The molecule has 4 nitrogen and oxygen atoms in total. The maximum Gasteiger partial charge on any atom is 0.223 e. The summed E-state index contributed by atoms with van der Waals surface area (Å²) in [4.78, 5) is 15.1. The maximum atomic E-state index is 12.9. The van der Waals surface area contributed by atoms with Crippen LogP contribution in [-0.4, -0.2) is 36.2 Å². The number of benzene rings is 1. The first-order chi connectivity index (χ1) is 11.8. The van der Waals surface area contributed by atoms with Gasteiger partial charge < -0.3 is 14.4 Å². The number of hydrogen-bond acceptors (Lipinski definition) is 3. The van der Waals surface area contributed by atoms with Gasteiger partial charge in [0.05, 0.1) is 18.8 Å². The van der Waals surface area contributed by atoms with Crippen LogP contribution >= 0.6 is 0 Å². The number of amides is 1. The number of carbonyl (C=O) groups is 1. The van der Waals surface area contributed by atoms with E-state index in [1.54, 1.807) is 7.11 Å². The molecular weight excluding hydrogens is 314 g/mol. The summed E-state index contributed by atoms with van der Waals surface area (Å²) in [5, 5.41) is 0. The maximum absolute atomic E-state index is 12.9. The Kier molecular flexibility index (Phi) is 6.50. The second-order valence-corrected chi connectivity index (χ2v) is 7.87. The van der Waals surface area contributed by atoms with Gasteiger partial charge in [0, 0.05) is 19.1 Å². The first kappa shape index (κ1) is 19.8. The molecule has 0 unspecified atom stereocenters.